The standard InChI is InChI=1S/C20H25N3O2S.HI/c1-5-11-25-19-12-15(7-10-18(19)24-4)13-22-20(21-3)23-14-17-9-8-16(6-2)26-17;/h1,7-10,12H,6,11,13-14H2,2-4H3,(H2,21,22,23);1H. The molecule has 2 N–H and O–H groups in total. The summed E-state index contributed by atoms with van der Waals surface area (Å²) in [5.41, 5.74) is 1.05. The van der Waals surface area contributed by atoms with Gasteiger partial charge in [0.05, 0.1) is 13.7 Å². The van der Waals surface area contributed by atoms with Crippen molar-refractivity contribution >= 4 is 41.3 Å². The Labute approximate surface area is 182 Å². The first kappa shape index (κ1) is 23.1. The number of guanidine groups is 1. The van der Waals surface area contributed by atoms with Gasteiger partial charge in [-0.15, -0.1) is 41.7 Å². The van der Waals surface area contributed by atoms with Crippen LogP contribution in [0.4, 0.5) is 0 Å². The molecule has 2 rings (SSSR count). The number of rotatable bonds is 8. The minimum absolute atomic E-state index is 0. The van der Waals surface area contributed by atoms with E-state index in [4.69, 9.17) is 15.9 Å². The highest BCUT2D eigenvalue weighted by atomic mass is 127. The molecule has 1 aromatic carbocycles. The Bertz CT molecular complexity index is 784. The normalized spacial score (nSPS) is 10.5. The van der Waals surface area contributed by atoms with Crippen LogP contribution in [0.15, 0.2) is 35.3 Å². The van der Waals surface area contributed by atoms with Crippen molar-refractivity contribution in [3.63, 3.8) is 0 Å². The van der Waals surface area contributed by atoms with Gasteiger partial charge in [0.1, 0.15) is 6.61 Å². The summed E-state index contributed by atoms with van der Waals surface area (Å²) in [6.45, 7) is 3.74. The minimum atomic E-state index is 0. The Morgan fingerprint density at radius 2 is 1.89 bits per heavy atom. The number of nitrogens with one attached hydrogen (secondary N) is 2. The molecule has 0 atom stereocenters. The lowest BCUT2D eigenvalue weighted by Gasteiger charge is -2.13. The van der Waals surface area contributed by atoms with E-state index >= 15 is 0 Å². The second-order valence-corrected chi connectivity index (χ2v) is 6.73. The SMILES string of the molecule is C#CCOc1cc(CNC(=NC)NCc2ccc(CC)s2)ccc1OC.I. The second-order valence-electron chi connectivity index (χ2n) is 5.48. The number of thiophene rings is 1. The average molecular weight is 499 g/mol. The van der Waals surface area contributed by atoms with Gasteiger partial charge in [-0.25, -0.2) is 0 Å². The first-order chi connectivity index (χ1) is 12.7. The first-order valence-electron chi connectivity index (χ1n) is 8.45. The van der Waals surface area contributed by atoms with E-state index in [1.165, 1.54) is 9.75 Å². The van der Waals surface area contributed by atoms with E-state index in [0.29, 0.717) is 18.0 Å². The number of hydrogen-bond donors (Lipinski definition) is 2. The van der Waals surface area contributed by atoms with Gasteiger partial charge in [-0.3, -0.25) is 4.99 Å². The number of terminal acetylenes is 1. The van der Waals surface area contributed by atoms with Crippen LogP contribution in [0, 0.1) is 12.3 Å². The van der Waals surface area contributed by atoms with Crippen LogP contribution in [0.25, 0.3) is 0 Å². The topological polar surface area (TPSA) is 54.9 Å². The van der Waals surface area contributed by atoms with Gasteiger partial charge in [0.25, 0.3) is 0 Å². The monoisotopic (exact) mass is 499 g/mol. The molecule has 0 fully saturated rings. The summed E-state index contributed by atoms with van der Waals surface area (Å²) in [6, 6.07) is 10.1. The summed E-state index contributed by atoms with van der Waals surface area (Å²) in [4.78, 5) is 6.95. The number of benzene rings is 1. The summed E-state index contributed by atoms with van der Waals surface area (Å²) < 4.78 is 10.8. The third-order valence-electron chi connectivity index (χ3n) is 3.72. The molecular formula is C20H26IN3O2S. The van der Waals surface area contributed by atoms with E-state index in [-0.39, 0.29) is 30.6 Å². The molecule has 0 spiro atoms. The van der Waals surface area contributed by atoms with Crippen molar-refractivity contribution in [2.45, 2.75) is 26.4 Å². The van der Waals surface area contributed by atoms with Crippen molar-refractivity contribution in [2.75, 3.05) is 20.8 Å². The highest BCUT2D eigenvalue weighted by Gasteiger charge is 2.07. The lowest BCUT2D eigenvalue weighted by Crippen LogP contribution is -2.36. The van der Waals surface area contributed by atoms with Gasteiger partial charge >= 0.3 is 0 Å². The maximum atomic E-state index is 5.54. The van der Waals surface area contributed by atoms with E-state index in [1.807, 2.05) is 29.5 Å². The fraction of sp³-hybridized carbons (Fsp3) is 0.350. The predicted molar refractivity (Wildman–Crippen MR) is 123 cm³/mol. The summed E-state index contributed by atoms with van der Waals surface area (Å²) in [6.07, 6.45) is 6.33. The number of ether oxygens (including phenoxy) is 2. The zero-order valence-electron chi connectivity index (χ0n) is 15.9. The second kappa shape index (κ2) is 12.5. The van der Waals surface area contributed by atoms with Crippen LogP contribution in [0.3, 0.4) is 0 Å². The van der Waals surface area contributed by atoms with E-state index < -0.39 is 0 Å². The van der Waals surface area contributed by atoms with E-state index in [2.05, 4.69) is 40.6 Å². The molecule has 5 nitrogen and oxygen atoms in total. The molecule has 0 aliphatic rings. The van der Waals surface area contributed by atoms with E-state index in [0.717, 1.165) is 24.5 Å². The van der Waals surface area contributed by atoms with Crippen molar-refractivity contribution in [2.24, 2.45) is 4.99 Å². The lowest BCUT2D eigenvalue weighted by atomic mass is 10.2. The first-order valence-corrected chi connectivity index (χ1v) is 9.27. The third kappa shape index (κ3) is 7.31. The third-order valence-corrected chi connectivity index (χ3v) is 4.95. The molecule has 0 aliphatic carbocycles. The van der Waals surface area contributed by atoms with Gasteiger partial charge in [0, 0.05) is 23.3 Å². The van der Waals surface area contributed by atoms with Crippen molar-refractivity contribution < 1.29 is 9.47 Å². The van der Waals surface area contributed by atoms with Crippen LogP contribution in [0.1, 0.15) is 22.2 Å². The zero-order valence-corrected chi connectivity index (χ0v) is 19.0. The van der Waals surface area contributed by atoms with E-state index in [1.54, 1.807) is 14.2 Å². The van der Waals surface area contributed by atoms with Crippen LogP contribution < -0.4 is 20.1 Å². The molecule has 0 radical (unpaired) electrons. The number of halogens is 1. The van der Waals surface area contributed by atoms with Crippen LogP contribution in [-0.2, 0) is 19.5 Å². The van der Waals surface area contributed by atoms with Gasteiger partial charge in [0.15, 0.2) is 17.5 Å². The van der Waals surface area contributed by atoms with Gasteiger partial charge < -0.3 is 20.1 Å². The molecule has 146 valence electrons. The van der Waals surface area contributed by atoms with Crippen molar-refractivity contribution in [3.05, 3.63) is 45.6 Å². The predicted octanol–water partition coefficient (Wildman–Crippen LogP) is 3.81. The van der Waals surface area contributed by atoms with E-state index in [9.17, 15) is 0 Å². The van der Waals surface area contributed by atoms with Crippen LogP contribution in [0.2, 0.25) is 0 Å². The molecule has 1 aromatic heterocycles. The molecule has 27 heavy (non-hydrogen) atoms. The Morgan fingerprint density at radius 3 is 2.52 bits per heavy atom. The largest absolute Gasteiger partial charge is 0.493 e. The van der Waals surface area contributed by atoms with Gasteiger partial charge in [-0.2, -0.15) is 0 Å². The molecule has 7 heteroatoms. The molecule has 0 amide bonds. The maximum Gasteiger partial charge on any atom is 0.191 e. The Hall–Kier alpha value is -1.92. The quantitative estimate of drug-likeness (QED) is 0.251. The fourth-order valence-electron chi connectivity index (χ4n) is 2.35. The van der Waals surface area contributed by atoms with Crippen LogP contribution in [-0.4, -0.2) is 26.7 Å². The fourth-order valence-corrected chi connectivity index (χ4v) is 3.25. The van der Waals surface area contributed by atoms with Crippen molar-refractivity contribution in [1.82, 2.24) is 10.6 Å². The molecule has 0 saturated heterocycles. The Morgan fingerprint density at radius 1 is 1.15 bits per heavy atom. The molecule has 0 aliphatic heterocycles. The van der Waals surface area contributed by atoms with Gasteiger partial charge in [-0.05, 0) is 36.2 Å². The minimum Gasteiger partial charge on any atom is -0.493 e. The number of aliphatic imine (C=N–C) groups is 1. The number of methoxy groups -OCH3 is 1. The van der Waals surface area contributed by atoms with Gasteiger partial charge in [0.2, 0.25) is 0 Å². The maximum absolute atomic E-state index is 5.54. The summed E-state index contributed by atoms with van der Waals surface area (Å²) >= 11 is 1.82. The molecular weight excluding hydrogens is 473 g/mol. The highest BCUT2D eigenvalue weighted by Crippen LogP contribution is 2.28. The molecule has 1 heterocycles. The lowest BCUT2D eigenvalue weighted by molar-refractivity contribution is 0.330. The molecule has 0 bridgehead atoms. The highest BCUT2D eigenvalue weighted by molar-refractivity contribution is 14.0. The zero-order chi connectivity index (χ0) is 18.8. The summed E-state index contributed by atoms with van der Waals surface area (Å²) in [5.74, 6) is 4.51. The van der Waals surface area contributed by atoms with Crippen LogP contribution in [0.5, 0.6) is 11.5 Å². The average Bonchev–Trinajstić information content (AvgIpc) is 3.14. The smallest absolute Gasteiger partial charge is 0.191 e. The summed E-state index contributed by atoms with van der Waals surface area (Å²) in [7, 11) is 3.37. The number of hydrogen-bond acceptors (Lipinski definition) is 4. The van der Waals surface area contributed by atoms with Crippen LogP contribution >= 0.6 is 35.3 Å². The molecule has 0 saturated carbocycles. The number of aryl methyl sites for hydroxylation is 1. The number of nitrogens with zero attached hydrogens (tertiary/aromatic N) is 1. The molecule has 2 aromatic rings. The van der Waals surface area contributed by atoms with Crippen molar-refractivity contribution in [3.8, 4) is 23.8 Å². The molecule has 0 unspecified atom stereocenters. The Kier molecular flexibility index (Phi) is 10.7. The van der Waals surface area contributed by atoms with Crippen molar-refractivity contribution in [1.29, 1.82) is 0 Å². The Balaban J connectivity index is 0.00000364. The van der Waals surface area contributed by atoms with Gasteiger partial charge in [-0.1, -0.05) is 18.9 Å². The summed E-state index contributed by atoms with van der Waals surface area (Å²) in [5, 5.41) is 6.64.